The van der Waals surface area contributed by atoms with E-state index in [1.807, 2.05) is 0 Å². The van der Waals surface area contributed by atoms with Gasteiger partial charge in [0.05, 0.1) is 6.67 Å². The topological polar surface area (TPSA) is 0 Å². The minimum atomic E-state index is -0.663. The van der Waals surface area contributed by atoms with Crippen LogP contribution in [0.3, 0.4) is 0 Å². The van der Waals surface area contributed by atoms with Gasteiger partial charge in [0.25, 0.3) is 0 Å². The highest BCUT2D eigenvalue weighted by atomic mass is 19.1. The van der Waals surface area contributed by atoms with E-state index in [1.165, 1.54) is 0 Å². The Balaban J connectivity index is 3.23. The molecule has 2 heteroatoms. The predicted molar refractivity (Wildman–Crippen MR) is 58.0 cm³/mol. The number of hydrogen-bond donors (Lipinski definition) is 0. The molecule has 0 radical (unpaired) electrons. The van der Waals surface area contributed by atoms with Gasteiger partial charge < -0.3 is 0 Å². The van der Waals surface area contributed by atoms with E-state index in [9.17, 15) is 8.78 Å². The molecule has 14 heavy (non-hydrogen) atoms. The van der Waals surface area contributed by atoms with E-state index in [0.29, 0.717) is 25.2 Å². The molecule has 0 bridgehead atoms. The van der Waals surface area contributed by atoms with E-state index >= 15 is 0 Å². The fraction of sp³-hybridized carbons (Fsp3) is 1.00. The fourth-order valence-corrected chi connectivity index (χ4v) is 1.45. The third-order valence-corrected chi connectivity index (χ3v) is 2.82. The minimum absolute atomic E-state index is 0.260. The van der Waals surface area contributed by atoms with Crippen molar-refractivity contribution in [3.63, 3.8) is 0 Å². The zero-order chi connectivity index (χ0) is 10.8. The summed E-state index contributed by atoms with van der Waals surface area (Å²) in [6.45, 7) is 4.04. The standard InChI is InChI=1S/C12H24F2/c1-3-11(2)8-9-12(14)7-5-4-6-10-13/h11-12H,3-10H2,1-2H3. The zero-order valence-electron chi connectivity index (χ0n) is 9.57. The first-order valence-electron chi connectivity index (χ1n) is 5.90. The third kappa shape index (κ3) is 8.46. The number of rotatable bonds is 9. The molecule has 0 fully saturated rings. The van der Waals surface area contributed by atoms with Gasteiger partial charge in [0.15, 0.2) is 0 Å². The third-order valence-electron chi connectivity index (χ3n) is 2.82. The van der Waals surface area contributed by atoms with E-state index in [2.05, 4.69) is 13.8 Å². The molecule has 0 saturated carbocycles. The summed E-state index contributed by atoms with van der Waals surface area (Å²) < 4.78 is 25.0. The van der Waals surface area contributed by atoms with Gasteiger partial charge in [0, 0.05) is 0 Å². The number of halogens is 2. The van der Waals surface area contributed by atoms with Crippen molar-refractivity contribution in [2.24, 2.45) is 5.92 Å². The number of hydrogen-bond acceptors (Lipinski definition) is 0. The SMILES string of the molecule is CCC(C)CCC(F)CCCCCF. The molecule has 0 nitrogen and oxygen atoms in total. The summed E-state index contributed by atoms with van der Waals surface area (Å²) in [5.74, 6) is 0.638. The van der Waals surface area contributed by atoms with Crippen LogP contribution in [0.5, 0.6) is 0 Å². The number of alkyl halides is 2. The molecule has 0 rings (SSSR count). The quantitative estimate of drug-likeness (QED) is 0.480. The van der Waals surface area contributed by atoms with Crippen LogP contribution in [0.1, 0.15) is 58.8 Å². The van der Waals surface area contributed by atoms with Crippen LogP contribution in [0.25, 0.3) is 0 Å². The zero-order valence-corrected chi connectivity index (χ0v) is 9.57. The summed E-state index contributed by atoms with van der Waals surface area (Å²) >= 11 is 0. The molecular formula is C12H24F2. The van der Waals surface area contributed by atoms with E-state index in [-0.39, 0.29) is 6.67 Å². The van der Waals surface area contributed by atoms with Crippen molar-refractivity contribution < 1.29 is 8.78 Å². The Kier molecular flexibility index (Phi) is 9.32. The first kappa shape index (κ1) is 13.9. The lowest BCUT2D eigenvalue weighted by Crippen LogP contribution is -2.03. The van der Waals surface area contributed by atoms with E-state index in [1.54, 1.807) is 0 Å². The second kappa shape index (κ2) is 9.42. The molecule has 0 saturated heterocycles. The summed E-state index contributed by atoms with van der Waals surface area (Å²) in [6.07, 6.45) is 5.03. The van der Waals surface area contributed by atoms with Gasteiger partial charge in [0.1, 0.15) is 6.17 Å². The average molecular weight is 206 g/mol. The molecule has 0 aliphatic rings. The molecule has 2 atom stereocenters. The van der Waals surface area contributed by atoms with Gasteiger partial charge in [-0.25, -0.2) is 4.39 Å². The van der Waals surface area contributed by atoms with Crippen LogP contribution >= 0.6 is 0 Å². The van der Waals surface area contributed by atoms with Gasteiger partial charge in [0.2, 0.25) is 0 Å². The van der Waals surface area contributed by atoms with Gasteiger partial charge in [-0.3, -0.25) is 4.39 Å². The molecule has 0 aliphatic heterocycles. The van der Waals surface area contributed by atoms with E-state index in [0.717, 1.165) is 25.7 Å². The summed E-state index contributed by atoms with van der Waals surface area (Å²) in [4.78, 5) is 0. The lowest BCUT2D eigenvalue weighted by atomic mass is 9.99. The lowest BCUT2D eigenvalue weighted by Gasteiger charge is -2.11. The molecule has 0 heterocycles. The van der Waals surface area contributed by atoms with Gasteiger partial charge in [-0.05, 0) is 31.6 Å². The Bertz CT molecular complexity index is 115. The molecule has 2 unspecified atom stereocenters. The molecule has 0 aliphatic carbocycles. The molecule has 0 spiro atoms. The largest absolute Gasteiger partial charge is 0.251 e. The maximum absolute atomic E-state index is 13.2. The summed E-state index contributed by atoms with van der Waals surface area (Å²) in [5.41, 5.74) is 0. The minimum Gasteiger partial charge on any atom is -0.251 e. The summed E-state index contributed by atoms with van der Waals surface area (Å²) in [6, 6.07) is 0. The van der Waals surface area contributed by atoms with Crippen LogP contribution in [0.4, 0.5) is 8.78 Å². The molecular weight excluding hydrogens is 182 g/mol. The highest BCUT2D eigenvalue weighted by Gasteiger charge is 2.08. The van der Waals surface area contributed by atoms with Gasteiger partial charge >= 0.3 is 0 Å². The van der Waals surface area contributed by atoms with Crippen LogP contribution in [0.2, 0.25) is 0 Å². The Morgan fingerprint density at radius 1 is 1.00 bits per heavy atom. The van der Waals surface area contributed by atoms with Crippen LogP contribution in [-0.2, 0) is 0 Å². The predicted octanol–water partition coefficient (Wildman–Crippen LogP) is 4.68. The van der Waals surface area contributed by atoms with E-state index in [4.69, 9.17) is 0 Å². The molecule has 0 aromatic heterocycles. The van der Waals surface area contributed by atoms with Gasteiger partial charge in [-0.2, -0.15) is 0 Å². The van der Waals surface area contributed by atoms with Crippen molar-refractivity contribution in [3.8, 4) is 0 Å². The second-order valence-corrected chi connectivity index (χ2v) is 4.23. The maximum Gasteiger partial charge on any atom is 0.100 e. The highest BCUT2D eigenvalue weighted by Crippen LogP contribution is 2.17. The molecule has 86 valence electrons. The molecule has 0 aromatic rings. The van der Waals surface area contributed by atoms with Crippen molar-refractivity contribution in [2.45, 2.75) is 65.0 Å². The van der Waals surface area contributed by atoms with Gasteiger partial charge in [-0.1, -0.05) is 33.1 Å². The second-order valence-electron chi connectivity index (χ2n) is 4.23. The summed E-state index contributed by atoms with van der Waals surface area (Å²) in [7, 11) is 0. The fourth-order valence-electron chi connectivity index (χ4n) is 1.45. The van der Waals surface area contributed by atoms with Crippen molar-refractivity contribution in [1.29, 1.82) is 0 Å². The first-order valence-corrected chi connectivity index (χ1v) is 5.90. The summed E-state index contributed by atoms with van der Waals surface area (Å²) in [5, 5.41) is 0. The van der Waals surface area contributed by atoms with Crippen molar-refractivity contribution >= 4 is 0 Å². The van der Waals surface area contributed by atoms with E-state index < -0.39 is 6.17 Å². The Hall–Kier alpha value is -0.140. The van der Waals surface area contributed by atoms with Crippen LogP contribution < -0.4 is 0 Å². The first-order chi connectivity index (χ1) is 6.70. The van der Waals surface area contributed by atoms with Crippen LogP contribution in [0.15, 0.2) is 0 Å². The Labute approximate surface area is 87.1 Å². The van der Waals surface area contributed by atoms with Crippen LogP contribution in [-0.4, -0.2) is 12.8 Å². The normalized spacial score (nSPS) is 15.4. The van der Waals surface area contributed by atoms with Gasteiger partial charge in [-0.15, -0.1) is 0 Å². The molecule has 0 N–H and O–H groups in total. The Morgan fingerprint density at radius 3 is 2.29 bits per heavy atom. The number of unbranched alkanes of at least 4 members (excludes halogenated alkanes) is 2. The average Bonchev–Trinajstić information content (AvgIpc) is 2.21. The maximum atomic E-state index is 13.2. The molecule has 0 amide bonds. The lowest BCUT2D eigenvalue weighted by molar-refractivity contribution is 0.265. The molecule has 0 aromatic carbocycles. The highest BCUT2D eigenvalue weighted by molar-refractivity contribution is 4.60. The van der Waals surface area contributed by atoms with Crippen molar-refractivity contribution in [1.82, 2.24) is 0 Å². The van der Waals surface area contributed by atoms with Crippen molar-refractivity contribution in [3.05, 3.63) is 0 Å². The van der Waals surface area contributed by atoms with Crippen molar-refractivity contribution in [2.75, 3.05) is 6.67 Å². The van der Waals surface area contributed by atoms with Crippen LogP contribution in [0, 0.1) is 5.92 Å². The monoisotopic (exact) mass is 206 g/mol. The smallest absolute Gasteiger partial charge is 0.100 e. The Morgan fingerprint density at radius 2 is 1.71 bits per heavy atom.